The van der Waals surface area contributed by atoms with Crippen LogP contribution >= 0.6 is 15.9 Å². The number of hydrazone groups is 1. The fraction of sp³-hybridized carbons (Fsp3) is 0.118. The number of amides is 2. The number of nitrogens with zero attached hydrogens (tertiary/aromatic N) is 1. The summed E-state index contributed by atoms with van der Waals surface area (Å²) in [7, 11) is 0. The zero-order chi connectivity index (χ0) is 16.8. The molecule has 0 atom stereocenters. The van der Waals surface area contributed by atoms with Crippen LogP contribution in [0.1, 0.15) is 18.1 Å². The SMILES string of the molecule is C/C(=N\NC(=O)C(=O)Nc1ccc(Br)cc1C)c1ccccc1. The predicted octanol–water partition coefficient (Wildman–Crippen LogP) is 3.24. The summed E-state index contributed by atoms with van der Waals surface area (Å²) in [6, 6.07) is 14.8. The van der Waals surface area contributed by atoms with E-state index in [1.165, 1.54) is 0 Å². The third kappa shape index (κ3) is 4.75. The smallest absolute Gasteiger partial charge is 0.317 e. The molecule has 6 heteroatoms. The molecule has 0 aliphatic rings. The molecule has 0 aromatic heterocycles. The van der Waals surface area contributed by atoms with Gasteiger partial charge in [0.15, 0.2) is 0 Å². The molecule has 2 rings (SSSR count). The van der Waals surface area contributed by atoms with Crippen LogP contribution < -0.4 is 10.7 Å². The lowest BCUT2D eigenvalue weighted by molar-refractivity contribution is -0.136. The quantitative estimate of drug-likeness (QED) is 0.492. The Kier molecular flexibility index (Phi) is 5.65. The van der Waals surface area contributed by atoms with Gasteiger partial charge in [-0.15, -0.1) is 0 Å². The van der Waals surface area contributed by atoms with E-state index >= 15 is 0 Å². The summed E-state index contributed by atoms with van der Waals surface area (Å²) >= 11 is 3.34. The van der Waals surface area contributed by atoms with E-state index in [1.807, 2.05) is 43.3 Å². The molecular formula is C17H16BrN3O2. The number of hydrogen-bond donors (Lipinski definition) is 2. The van der Waals surface area contributed by atoms with Crippen molar-refractivity contribution in [1.29, 1.82) is 0 Å². The Morgan fingerprint density at radius 2 is 1.74 bits per heavy atom. The summed E-state index contributed by atoms with van der Waals surface area (Å²) in [6.07, 6.45) is 0. The van der Waals surface area contributed by atoms with Crippen molar-refractivity contribution in [3.05, 3.63) is 64.1 Å². The van der Waals surface area contributed by atoms with E-state index in [0.29, 0.717) is 11.4 Å². The lowest BCUT2D eigenvalue weighted by Gasteiger charge is -2.08. The van der Waals surface area contributed by atoms with Gasteiger partial charge in [0.2, 0.25) is 0 Å². The van der Waals surface area contributed by atoms with Crippen LogP contribution in [0.2, 0.25) is 0 Å². The molecule has 5 nitrogen and oxygen atoms in total. The Hall–Kier alpha value is -2.47. The first-order valence-electron chi connectivity index (χ1n) is 6.94. The van der Waals surface area contributed by atoms with Crippen LogP contribution in [0, 0.1) is 6.92 Å². The molecule has 2 aromatic carbocycles. The molecule has 118 valence electrons. The maximum atomic E-state index is 11.9. The number of carbonyl (C=O) groups excluding carboxylic acids is 2. The Balaban J connectivity index is 1.99. The second kappa shape index (κ2) is 7.69. The number of benzene rings is 2. The van der Waals surface area contributed by atoms with Gasteiger partial charge in [-0.1, -0.05) is 46.3 Å². The van der Waals surface area contributed by atoms with Crippen molar-refractivity contribution in [3.63, 3.8) is 0 Å². The Labute approximate surface area is 142 Å². The maximum Gasteiger partial charge on any atom is 0.329 e. The second-order valence-electron chi connectivity index (χ2n) is 4.92. The van der Waals surface area contributed by atoms with Crippen molar-refractivity contribution in [2.24, 2.45) is 5.10 Å². The topological polar surface area (TPSA) is 70.6 Å². The summed E-state index contributed by atoms with van der Waals surface area (Å²) in [5, 5.41) is 6.50. The first-order chi connectivity index (χ1) is 11.0. The summed E-state index contributed by atoms with van der Waals surface area (Å²) in [5.41, 5.74) is 5.18. The fourth-order valence-electron chi connectivity index (χ4n) is 1.88. The van der Waals surface area contributed by atoms with Crippen molar-refractivity contribution in [2.45, 2.75) is 13.8 Å². The zero-order valence-electron chi connectivity index (χ0n) is 12.8. The lowest BCUT2D eigenvalue weighted by Crippen LogP contribution is -2.33. The minimum atomic E-state index is -0.817. The molecule has 0 unspecified atom stereocenters. The van der Waals surface area contributed by atoms with Crippen LogP contribution in [0.5, 0.6) is 0 Å². The van der Waals surface area contributed by atoms with Gasteiger partial charge in [-0.05, 0) is 43.2 Å². The molecule has 2 aromatic rings. The number of carbonyl (C=O) groups is 2. The van der Waals surface area contributed by atoms with Gasteiger partial charge in [0.25, 0.3) is 0 Å². The van der Waals surface area contributed by atoms with Crippen molar-refractivity contribution >= 4 is 39.1 Å². The van der Waals surface area contributed by atoms with Crippen LogP contribution in [0.3, 0.4) is 0 Å². The number of rotatable bonds is 3. The van der Waals surface area contributed by atoms with Gasteiger partial charge in [-0.2, -0.15) is 5.10 Å². The summed E-state index contributed by atoms with van der Waals surface area (Å²) in [6.45, 7) is 3.60. The fourth-order valence-corrected chi connectivity index (χ4v) is 2.35. The number of anilines is 1. The highest BCUT2D eigenvalue weighted by molar-refractivity contribution is 9.10. The zero-order valence-corrected chi connectivity index (χ0v) is 14.3. The van der Waals surface area contributed by atoms with Crippen molar-refractivity contribution in [1.82, 2.24) is 5.43 Å². The molecular weight excluding hydrogens is 358 g/mol. The van der Waals surface area contributed by atoms with Crippen LogP contribution in [0.15, 0.2) is 58.1 Å². The monoisotopic (exact) mass is 373 g/mol. The average Bonchev–Trinajstić information content (AvgIpc) is 2.55. The molecule has 2 N–H and O–H groups in total. The first kappa shape index (κ1) is 16.9. The molecule has 2 amide bonds. The molecule has 0 bridgehead atoms. The van der Waals surface area contributed by atoms with Gasteiger partial charge in [0, 0.05) is 10.2 Å². The van der Waals surface area contributed by atoms with E-state index in [-0.39, 0.29) is 0 Å². The molecule has 0 fully saturated rings. The average molecular weight is 374 g/mol. The molecule has 0 spiro atoms. The third-order valence-electron chi connectivity index (χ3n) is 3.16. The molecule has 0 saturated carbocycles. The second-order valence-corrected chi connectivity index (χ2v) is 5.83. The van der Waals surface area contributed by atoms with Gasteiger partial charge >= 0.3 is 11.8 Å². The highest BCUT2D eigenvalue weighted by atomic mass is 79.9. The van der Waals surface area contributed by atoms with Crippen molar-refractivity contribution < 1.29 is 9.59 Å². The molecule has 23 heavy (non-hydrogen) atoms. The Morgan fingerprint density at radius 3 is 2.39 bits per heavy atom. The lowest BCUT2D eigenvalue weighted by atomic mass is 10.1. The Morgan fingerprint density at radius 1 is 1.04 bits per heavy atom. The molecule has 0 saturated heterocycles. The van der Waals surface area contributed by atoms with E-state index in [9.17, 15) is 9.59 Å². The van der Waals surface area contributed by atoms with E-state index < -0.39 is 11.8 Å². The van der Waals surface area contributed by atoms with Crippen molar-refractivity contribution in [2.75, 3.05) is 5.32 Å². The van der Waals surface area contributed by atoms with Gasteiger partial charge in [-0.3, -0.25) is 9.59 Å². The van der Waals surface area contributed by atoms with E-state index in [4.69, 9.17) is 0 Å². The predicted molar refractivity (Wildman–Crippen MR) is 94.3 cm³/mol. The summed E-state index contributed by atoms with van der Waals surface area (Å²) in [4.78, 5) is 23.7. The standard InChI is InChI=1S/C17H16BrN3O2/c1-11-10-14(18)8-9-15(11)19-16(22)17(23)21-20-12(2)13-6-4-3-5-7-13/h3-10H,1-2H3,(H,19,22)(H,21,23)/b20-12+. The minimum absolute atomic E-state index is 0.581. The van der Waals surface area contributed by atoms with Crippen LogP contribution in [-0.2, 0) is 9.59 Å². The number of nitrogens with one attached hydrogen (secondary N) is 2. The number of hydrogen-bond acceptors (Lipinski definition) is 3. The van der Waals surface area contributed by atoms with Gasteiger partial charge < -0.3 is 5.32 Å². The number of aryl methyl sites for hydroxylation is 1. The van der Waals surface area contributed by atoms with E-state index in [0.717, 1.165) is 15.6 Å². The molecule has 0 radical (unpaired) electrons. The minimum Gasteiger partial charge on any atom is -0.317 e. The largest absolute Gasteiger partial charge is 0.329 e. The van der Waals surface area contributed by atoms with E-state index in [2.05, 4.69) is 31.8 Å². The normalized spacial score (nSPS) is 11.0. The highest BCUT2D eigenvalue weighted by Gasteiger charge is 2.14. The summed E-state index contributed by atoms with van der Waals surface area (Å²) in [5.74, 6) is -1.58. The highest BCUT2D eigenvalue weighted by Crippen LogP contribution is 2.19. The summed E-state index contributed by atoms with van der Waals surface area (Å²) < 4.78 is 0.903. The van der Waals surface area contributed by atoms with Gasteiger partial charge in [-0.25, -0.2) is 5.43 Å². The van der Waals surface area contributed by atoms with Crippen LogP contribution in [0.25, 0.3) is 0 Å². The molecule has 0 heterocycles. The van der Waals surface area contributed by atoms with Crippen LogP contribution in [0.4, 0.5) is 5.69 Å². The maximum absolute atomic E-state index is 11.9. The van der Waals surface area contributed by atoms with Crippen molar-refractivity contribution in [3.8, 4) is 0 Å². The Bertz CT molecular complexity index is 758. The van der Waals surface area contributed by atoms with E-state index in [1.54, 1.807) is 19.1 Å². The first-order valence-corrected chi connectivity index (χ1v) is 7.74. The van der Waals surface area contributed by atoms with Gasteiger partial charge in [0.1, 0.15) is 0 Å². The third-order valence-corrected chi connectivity index (χ3v) is 3.65. The van der Waals surface area contributed by atoms with Crippen LogP contribution in [-0.4, -0.2) is 17.5 Å². The molecule has 0 aliphatic carbocycles. The molecule has 0 aliphatic heterocycles. The van der Waals surface area contributed by atoms with Gasteiger partial charge in [0.05, 0.1) is 5.71 Å². The number of halogens is 1.